The van der Waals surface area contributed by atoms with Crippen LogP contribution in [0.1, 0.15) is 38.5 Å². The van der Waals surface area contributed by atoms with Crippen molar-refractivity contribution in [2.24, 2.45) is 5.41 Å². The molecule has 1 saturated carbocycles. The Morgan fingerprint density at radius 3 is 2.89 bits per heavy atom. The molecule has 4 rings (SSSR count). The number of hydrogen-bond donors (Lipinski definition) is 1. The predicted octanol–water partition coefficient (Wildman–Crippen LogP) is 2.51. The van der Waals surface area contributed by atoms with Gasteiger partial charge in [0.15, 0.2) is 5.65 Å². The number of hydrogen-bond acceptors (Lipinski definition) is 4. The van der Waals surface area contributed by atoms with Crippen LogP contribution in [0.4, 0.5) is 5.82 Å². The number of aromatic amines is 1. The van der Waals surface area contributed by atoms with Crippen molar-refractivity contribution in [3.8, 4) is 0 Å². The third-order valence-corrected chi connectivity index (χ3v) is 4.88. The predicted molar refractivity (Wildman–Crippen MR) is 74.0 cm³/mol. The van der Waals surface area contributed by atoms with Crippen LogP contribution in [0, 0.1) is 5.41 Å². The summed E-state index contributed by atoms with van der Waals surface area (Å²) in [5.74, 6) is 1.06. The normalized spacial score (nSPS) is 22.4. The Morgan fingerprint density at radius 2 is 2.00 bits per heavy atom. The fourth-order valence-corrected chi connectivity index (χ4v) is 3.83. The van der Waals surface area contributed by atoms with Crippen LogP contribution < -0.4 is 4.90 Å². The first-order chi connectivity index (χ1) is 9.36. The zero-order chi connectivity index (χ0) is 12.7. The summed E-state index contributed by atoms with van der Waals surface area (Å²) in [6.45, 7) is 2.28. The maximum Gasteiger partial charge on any atom is 0.160 e. The van der Waals surface area contributed by atoms with Gasteiger partial charge in [0.2, 0.25) is 0 Å². The van der Waals surface area contributed by atoms with Crippen LogP contribution in [-0.2, 0) is 0 Å². The molecular weight excluding hydrogens is 238 g/mol. The molecule has 2 fully saturated rings. The molecular formula is C14H19N5. The Morgan fingerprint density at radius 1 is 1.11 bits per heavy atom. The Balaban J connectivity index is 1.65. The van der Waals surface area contributed by atoms with Gasteiger partial charge in [-0.25, -0.2) is 9.97 Å². The molecule has 0 unspecified atom stereocenters. The lowest BCUT2D eigenvalue weighted by molar-refractivity contribution is 0.219. The number of aromatic nitrogens is 4. The second kappa shape index (κ2) is 4.18. The Bertz CT molecular complexity index is 584. The standard InChI is InChI=1S/C14H19N5/c1-2-4-14(5-3-1)6-7-19(9-14)13-11-8-17-18-12(11)15-10-16-13/h8,10H,1-7,9H2,(H,15,16,17,18). The summed E-state index contributed by atoms with van der Waals surface area (Å²) in [5.41, 5.74) is 1.40. The highest BCUT2D eigenvalue weighted by Gasteiger charge is 2.39. The molecule has 1 N–H and O–H groups in total. The van der Waals surface area contributed by atoms with E-state index in [4.69, 9.17) is 0 Å². The van der Waals surface area contributed by atoms with E-state index in [1.165, 1.54) is 38.5 Å². The average Bonchev–Trinajstić information content (AvgIpc) is 3.06. The van der Waals surface area contributed by atoms with Crippen molar-refractivity contribution in [2.45, 2.75) is 38.5 Å². The van der Waals surface area contributed by atoms with Crippen LogP contribution in [0.3, 0.4) is 0 Å². The summed E-state index contributed by atoms with van der Waals surface area (Å²) in [6, 6.07) is 0. The number of nitrogens with zero attached hydrogens (tertiary/aromatic N) is 4. The minimum absolute atomic E-state index is 0.555. The minimum Gasteiger partial charge on any atom is -0.355 e. The van der Waals surface area contributed by atoms with Crippen LogP contribution in [0.2, 0.25) is 0 Å². The van der Waals surface area contributed by atoms with E-state index < -0.39 is 0 Å². The van der Waals surface area contributed by atoms with Crippen LogP contribution in [0.5, 0.6) is 0 Å². The third-order valence-electron chi connectivity index (χ3n) is 4.88. The zero-order valence-electron chi connectivity index (χ0n) is 11.1. The van der Waals surface area contributed by atoms with Crippen molar-refractivity contribution in [3.05, 3.63) is 12.5 Å². The fraction of sp³-hybridized carbons (Fsp3) is 0.643. The smallest absolute Gasteiger partial charge is 0.160 e. The van der Waals surface area contributed by atoms with Gasteiger partial charge in [0.05, 0.1) is 11.6 Å². The van der Waals surface area contributed by atoms with Crippen LogP contribution in [0.15, 0.2) is 12.5 Å². The Hall–Kier alpha value is -1.65. The molecule has 0 radical (unpaired) electrons. The second-order valence-electron chi connectivity index (χ2n) is 6.06. The molecule has 3 heterocycles. The van der Waals surface area contributed by atoms with Crippen molar-refractivity contribution < 1.29 is 0 Å². The molecule has 1 spiro atoms. The van der Waals surface area contributed by atoms with E-state index in [2.05, 4.69) is 25.1 Å². The Labute approximate surface area is 112 Å². The summed E-state index contributed by atoms with van der Waals surface area (Å²) < 4.78 is 0. The minimum atomic E-state index is 0.555. The number of nitrogens with one attached hydrogen (secondary N) is 1. The maximum atomic E-state index is 4.49. The van der Waals surface area contributed by atoms with Crippen molar-refractivity contribution in [3.63, 3.8) is 0 Å². The van der Waals surface area contributed by atoms with Gasteiger partial charge in [-0.15, -0.1) is 0 Å². The molecule has 0 amide bonds. The van der Waals surface area contributed by atoms with Gasteiger partial charge in [-0.1, -0.05) is 19.3 Å². The van der Waals surface area contributed by atoms with Gasteiger partial charge in [-0.2, -0.15) is 5.10 Å². The highest BCUT2D eigenvalue weighted by atomic mass is 15.2. The maximum absolute atomic E-state index is 4.49. The van der Waals surface area contributed by atoms with Crippen molar-refractivity contribution in [2.75, 3.05) is 18.0 Å². The lowest BCUT2D eigenvalue weighted by atomic mass is 9.73. The SMILES string of the molecule is c1nc(N2CCC3(CCCCC3)C2)c2cn[nH]c2n1. The molecule has 2 aliphatic rings. The van der Waals surface area contributed by atoms with Crippen LogP contribution in [0.25, 0.3) is 11.0 Å². The molecule has 19 heavy (non-hydrogen) atoms. The van der Waals surface area contributed by atoms with E-state index in [9.17, 15) is 0 Å². The van der Waals surface area contributed by atoms with Crippen LogP contribution >= 0.6 is 0 Å². The molecule has 2 aromatic rings. The highest BCUT2D eigenvalue weighted by molar-refractivity contribution is 5.86. The topological polar surface area (TPSA) is 57.7 Å². The molecule has 1 aliphatic carbocycles. The van der Waals surface area contributed by atoms with E-state index in [1.807, 2.05) is 6.20 Å². The van der Waals surface area contributed by atoms with E-state index >= 15 is 0 Å². The largest absolute Gasteiger partial charge is 0.355 e. The van der Waals surface area contributed by atoms with Gasteiger partial charge in [0.25, 0.3) is 0 Å². The van der Waals surface area contributed by atoms with E-state index in [1.54, 1.807) is 6.33 Å². The quantitative estimate of drug-likeness (QED) is 0.852. The molecule has 100 valence electrons. The molecule has 1 saturated heterocycles. The average molecular weight is 257 g/mol. The van der Waals surface area contributed by atoms with Crippen molar-refractivity contribution in [1.82, 2.24) is 20.2 Å². The van der Waals surface area contributed by atoms with E-state index in [0.717, 1.165) is 29.9 Å². The monoisotopic (exact) mass is 257 g/mol. The summed E-state index contributed by atoms with van der Waals surface area (Å²) in [7, 11) is 0. The first kappa shape index (κ1) is 11.2. The number of H-pyrrole nitrogens is 1. The van der Waals surface area contributed by atoms with Crippen LogP contribution in [-0.4, -0.2) is 33.3 Å². The van der Waals surface area contributed by atoms with E-state index in [0.29, 0.717) is 5.41 Å². The van der Waals surface area contributed by atoms with E-state index in [-0.39, 0.29) is 0 Å². The highest BCUT2D eigenvalue weighted by Crippen LogP contribution is 2.45. The Kier molecular flexibility index (Phi) is 2.47. The molecule has 0 atom stereocenters. The van der Waals surface area contributed by atoms with Crippen molar-refractivity contribution >= 4 is 16.9 Å². The molecule has 1 aliphatic heterocycles. The number of rotatable bonds is 1. The van der Waals surface area contributed by atoms with Crippen molar-refractivity contribution in [1.29, 1.82) is 0 Å². The summed E-state index contributed by atoms with van der Waals surface area (Å²) in [4.78, 5) is 11.2. The van der Waals surface area contributed by atoms with Gasteiger partial charge in [-0.3, -0.25) is 5.10 Å². The zero-order valence-corrected chi connectivity index (χ0v) is 11.1. The van der Waals surface area contributed by atoms with Gasteiger partial charge >= 0.3 is 0 Å². The molecule has 0 bridgehead atoms. The summed E-state index contributed by atoms with van der Waals surface area (Å²) >= 11 is 0. The number of fused-ring (bicyclic) bond motifs is 1. The summed E-state index contributed by atoms with van der Waals surface area (Å²) in [6.07, 6.45) is 11.8. The lowest BCUT2D eigenvalue weighted by Gasteiger charge is -2.33. The van der Waals surface area contributed by atoms with Gasteiger partial charge < -0.3 is 4.90 Å². The third kappa shape index (κ3) is 1.79. The lowest BCUT2D eigenvalue weighted by Crippen LogP contribution is -2.29. The fourth-order valence-electron chi connectivity index (χ4n) is 3.83. The molecule has 0 aromatic carbocycles. The summed E-state index contributed by atoms with van der Waals surface area (Å²) in [5, 5.41) is 8.06. The van der Waals surface area contributed by atoms with Gasteiger partial charge in [-0.05, 0) is 24.7 Å². The molecule has 5 nitrogen and oxygen atoms in total. The molecule has 5 heteroatoms. The molecule has 2 aromatic heterocycles. The number of anilines is 1. The van der Waals surface area contributed by atoms with Gasteiger partial charge in [0.1, 0.15) is 12.1 Å². The second-order valence-corrected chi connectivity index (χ2v) is 6.06. The van der Waals surface area contributed by atoms with Gasteiger partial charge in [0, 0.05) is 13.1 Å². The first-order valence-electron chi connectivity index (χ1n) is 7.25. The first-order valence-corrected chi connectivity index (χ1v) is 7.25.